The van der Waals surface area contributed by atoms with Crippen LogP contribution < -0.4 is 5.73 Å². The molecule has 0 bridgehead atoms. The number of halogens is 1. The molecule has 104 valence electrons. The van der Waals surface area contributed by atoms with Gasteiger partial charge in [0, 0.05) is 24.9 Å². The minimum Gasteiger partial charge on any atom is -0.382 e. The fourth-order valence-electron chi connectivity index (χ4n) is 2.42. The largest absolute Gasteiger partial charge is 0.382 e. The molecular weight excluding hydrogens is 306 g/mol. The molecule has 5 nitrogen and oxygen atoms in total. The van der Waals surface area contributed by atoms with Crippen molar-refractivity contribution in [3.8, 4) is 0 Å². The van der Waals surface area contributed by atoms with Gasteiger partial charge in [0.25, 0.3) is 0 Å². The van der Waals surface area contributed by atoms with Gasteiger partial charge >= 0.3 is 0 Å². The first kappa shape index (κ1) is 14.3. The van der Waals surface area contributed by atoms with Crippen molar-refractivity contribution in [3.63, 3.8) is 0 Å². The summed E-state index contributed by atoms with van der Waals surface area (Å²) in [5.41, 5.74) is 6.79. The van der Waals surface area contributed by atoms with Gasteiger partial charge in [-0.2, -0.15) is 0 Å². The SMILES string of the molecule is CCCC(CN(C)C)c1nc(Br)c2c(N)nccn12. The quantitative estimate of drug-likeness (QED) is 0.917. The monoisotopic (exact) mass is 325 g/mol. The standard InChI is InChI=1S/C13H20BrN5/c1-4-5-9(8-18(2)3)13-17-11(14)10-12(15)16-6-7-19(10)13/h6-7,9H,4-5,8H2,1-3H3,(H2,15,16). The van der Waals surface area contributed by atoms with Crippen molar-refractivity contribution < 1.29 is 0 Å². The molecule has 2 aromatic heterocycles. The van der Waals surface area contributed by atoms with E-state index in [-0.39, 0.29) is 0 Å². The Balaban J connectivity index is 2.50. The third-order valence-corrected chi connectivity index (χ3v) is 3.71. The van der Waals surface area contributed by atoms with Gasteiger partial charge in [-0.05, 0) is 36.4 Å². The number of anilines is 1. The lowest BCUT2D eigenvalue weighted by Crippen LogP contribution is -2.22. The van der Waals surface area contributed by atoms with Crippen molar-refractivity contribution in [3.05, 3.63) is 22.8 Å². The number of hydrogen-bond donors (Lipinski definition) is 1. The highest BCUT2D eigenvalue weighted by molar-refractivity contribution is 9.10. The number of aromatic nitrogens is 3. The Morgan fingerprint density at radius 3 is 2.84 bits per heavy atom. The maximum absolute atomic E-state index is 5.93. The zero-order valence-electron chi connectivity index (χ0n) is 11.6. The molecule has 0 aliphatic heterocycles. The minimum absolute atomic E-state index is 0.389. The first-order chi connectivity index (χ1) is 9.04. The Labute approximate surface area is 122 Å². The van der Waals surface area contributed by atoms with Gasteiger partial charge in [-0.3, -0.25) is 4.40 Å². The fraction of sp³-hybridized carbons (Fsp3) is 0.538. The topological polar surface area (TPSA) is 59.5 Å². The summed E-state index contributed by atoms with van der Waals surface area (Å²) < 4.78 is 2.82. The highest BCUT2D eigenvalue weighted by atomic mass is 79.9. The van der Waals surface area contributed by atoms with E-state index in [9.17, 15) is 0 Å². The zero-order chi connectivity index (χ0) is 14.0. The number of nitrogens with two attached hydrogens (primary N) is 1. The number of likely N-dealkylation sites (N-methyl/N-ethyl adjacent to an activating group) is 1. The third-order valence-electron chi connectivity index (χ3n) is 3.16. The number of nitrogens with zero attached hydrogens (tertiary/aromatic N) is 4. The lowest BCUT2D eigenvalue weighted by molar-refractivity contribution is 0.354. The summed E-state index contributed by atoms with van der Waals surface area (Å²) in [6.45, 7) is 3.17. The summed E-state index contributed by atoms with van der Waals surface area (Å²) in [4.78, 5) is 11.0. The van der Waals surface area contributed by atoms with Crippen LogP contribution in [-0.2, 0) is 0 Å². The van der Waals surface area contributed by atoms with E-state index in [1.165, 1.54) is 0 Å². The Kier molecular flexibility index (Phi) is 4.42. The van der Waals surface area contributed by atoms with Crippen LogP contribution >= 0.6 is 15.9 Å². The number of rotatable bonds is 5. The zero-order valence-corrected chi connectivity index (χ0v) is 13.2. The lowest BCUT2D eigenvalue weighted by Gasteiger charge is -2.19. The molecule has 0 saturated carbocycles. The number of hydrogen-bond acceptors (Lipinski definition) is 4. The van der Waals surface area contributed by atoms with Gasteiger partial charge in [0.2, 0.25) is 0 Å². The fourth-order valence-corrected chi connectivity index (χ4v) is 3.00. The van der Waals surface area contributed by atoms with Crippen molar-refractivity contribution in [1.29, 1.82) is 0 Å². The van der Waals surface area contributed by atoms with Crippen LogP contribution in [0.15, 0.2) is 17.0 Å². The molecule has 6 heteroatoms. The van der Waals surface area contributed by atoms with Gasteiger partial charge < -0.3 is 10.6 Å². The molecule has 0 aromatic carbocycles. The predicted octanol–water partition coefficient (Wildman–Crippen LogP) is 2.52. The summed E-state index contributed by atoms with van der Waals surface area (Å²) in [5.74, 6) is 1.94. The molecular formula is C13H20BrN5. The number of nitrogen functional groups attached to an aromatic ring is 1. The predicted molar refractivity (Wildman–Crippen MR) is 81.3 cm³/mol. The summed E-state index contributed by atoms with van der Waals surface area (Å²) >= 11 is 3.49. The van der Waals surface area contributed by atoms with Crippen LogP contribution in [0.25, 0.3) is 5.52 Å². The first-order valence-corrected chi connectivity index (χ1v) is 7.26. The molecule has 1 unspecified atom stereocenters. The molecule has 2 rings (SSSR count). The Hall–Kier alpha value is -1.14. The Bertz CT molecular complexity index is 563. The van der Waals surface area contributed by atoms with Crippen LogP contribution in [-0.4, -0.2) is 39.9 Å². The maximum atomic E-state index is 5.93. The highest BCUT2D eigenvalue weighted by Crippen LogP contribution is 2.28. The van der Waals surface area contributed by atoms with Gasteiger partial charge in [0.05, 0.1) is 0 Å². The second-order valence-corrected chi connectivity index (χ2v) is 5.79. The average molecular weight is 326 g/mol. The van der Waals surface area contributed by atoms with Crippen LogP contribution in [0, 0.1) is 0 Å². The summed E-state index contributed by atoms with van der Waals surface area (Å²) in [5, 5.41) is 0. The second-order valence-electron chi connectivity index (χ2n) is 5.04. The van der Waals surface area contributed by atoms with Crippen LogP contribution in [0.1, 0.15) is 31.5 Å². The van der Waals surface area contributed by atoms with E-state index in [0.29, 0.717) is 11.7 Å². The van der Waals surface area contributed by atoms with Gasteiger partial charge in [-0.25, -0.2) is 9.97 Å². The maximum Gasteiger partial charge on any atom is 0.150 e. The summed E-state index contributed by atoms with van der Waals surface area (Å²) in [6.07, 6.45) is 5.88. The van der Waals surface area contributed by atoms with Gasteiger partial charge in [0.1, 0.15) is 15.9 Å². The smallest absolute Gasteiger partial charge is 0.150 e. The molecule has 2 heterocycles. The molecule has 2 aromatic rings. The Morgan fingerprint density at radius 1 is 1.47 bits per heavy atom. The van der Waals surface area contributed by atoms with Crippen molar-refractivity contribution in [2.75, 3.05) is 26.4 Å². The minimum atomic E-state index is 0.389. The molecule has 0 amide bonds. The third kappa shape index (κ3) is 2.90. The molecule has 1 atom stereocenters. The van der Waals surface area contributed by atoms with E-state index in [1.807, 2.05) is 6.20 Å². The van der Waals surface area contributed by atoms with E-state index in [4.69, 9.17) is 5.73 Å². The molecule has 0 aliphatic rings. The Morgan fingerprint density at radius 2 is 2.21 bits per heavy atom. The van der Waals surface area contributed by atoms with Crippen LogP contribution in [0.2, 0.25) is 0 Å². The van der Waals surface area contributed by atoms with Gasteiger partial charge in [-0.15, -0.1) is 0 Å². The van der Waals surface area contributed by atoms with Gasteiger partial charge in [-0.1, -0.05) is 13.3 Å². The second kappa shape index (κ2) is 5.88. The van der Waals surface area contributed by atoms with E-state index >= 15 is 0 Å². The van der Waals surface area contributed by atoms with Crippen LogP contribution in [0.3, 0.4) is 0 Å². The average Bonchev–Trinajstić information content (AvgIpc) is 2.67. The molecule has 0 aliphatic carbocycles. The van der Waals surface area contributed by atoms with Crippen molar-refractivity contribution in [2.45, 2.75) is 25.7 Å². The summed E-state index contributed by atoms with van der Waals surface area (Å²) in [6, 6.07) is 0. The van der Waals surface area contributed by atoms with E-state index in [2.05, 4.69) is 56.2 Å². The molecule has 2 N–H and O–H groups in total. The summed E-state index contributed by atoms with van der Waals surface area (Å²) in [7, 11) is 4.17. The van der Waals surface area contributed by atoms with E-state index < -0.39 is 0 Å². The van der Waals surface area contributed by atoms with Crippen molar-refractivity contribution in [1.82, 2.24) is 19.3 Å². The van der Waals surface area contributed by atoms with Crippen LogP contribution in [0.4, 0.5) is 5.82 Å². The molecule has 0 radical (unpaired) electrons. The van der Waals surface area contributed by atoms with Crippen molar-refractivity contribution in [2.24, 2.45) is 0 Å². The lowest BCUT2D eigenvalue weighted by atomic mass is 10.0. The molecule has 0 fully saturated rings. The molecule has 0 spiro atoms. The number of imidazole rings is 1. The highest BCUT2D eigenvalue weighted by Gasteiger charge is 2.20. The van der Waals surface area contributed by atoms with Crippen molar-refractivity contribution >= 4 is 27.3 Å². The number of fused-ring (bicyclic) bond motifs is 1. The van der Waals surface area contributed by atoms with Gasteiger partial charge in [0.15, 0.2) is 5.82 Å². The van der Waals surface area contributed by atoms with E-state index in [0.717, 1.165) is 35.3 Å². The molecule has 19 heavy (non-hydrogen) atoms. The molecule has 0 saturated heterocycles. The first-order valence-electron chi connectivity index (χ1n) is 6.47. The van der Waals surface area contributed by atoms with Crippen LogP contribution in [0.5, 0.6) is 0 Å². The van der Waals surface area contributed by atoms with E-state index in [1.54, 1.807) is 6.20 Å². The normalized spacial score (nSPS) is 13.3.